The SMILES string of the molecule is c1ccc(-c2nc(-c3ccccc3)nc(-c3ccc(-c4cc(-c5ccc(-c6ccc7c(c6)-c6cccc8cccc-7c68)cc5)cc5ccccc45)cc3)n2)cc1. The molecule has 0 radical (unpaired) electrons. The van der Waals surface area contributed by atoms with Crippen LogP contribution in [-0.4, -0.2) is 15.0 Å². The molecule has 0 spiro atoms. The van der Waals surface area contributed by atoms with Crippen LogP contribution in [0.4, 0.5) is 0 Å². The van der Waals surface area contributed by atoms with Crippen LogP contribution >= 0.6 is 0 Å². The van der Waals surface area contributed by atoms with Crippen molar-refractivity contribution in [1.29, 1.82) is 0 Å². The van der Waals surface area contributed by atoms with Gasteiger partial charge in [-0.3, -0.25) is 0 Å². The number of benzene rings is 9. The van der Waals surface area contributed by atoms with Gasteiger partial charge in [0, 0.05) is 16.7 Å². The minimum Gasteiger partial charge on any atom is -0.208 e. The molecule has 0 N–H and O–H groups in total. The maximum atomic E-state index is 4.95. The van der Waals surface area contributed by atoms with Crippen LogP contribution in [0.15, 0.2) is 200 Å². The van der Waals surface area contributed by atoms with E-state index >= 15 is 0 Å². The Bertz CT molecular complexity index is 3030. The molecule has 0 amide bonds. The first kappa shape index (κ1) is 32.0. The van der Waals surface area contributed by atoms with E-state index in [1.165, 1.54) is 71.6 Å². The van der Waals surface area contributed by atoms with Crippen LogP contribution < -0.4 is 0 Å². The Morgan fingerprint density at radius 3 is 1.34 bits per heavy atom. The monoisotopic (exact) mass is 711 g/mol. The normalized spacial score (nSPS) is 11.6. The lowest BCUT2D eigenvalue weighted by Gasteiger charge is -2.13. The van der Waals surface area contributed by atoms with Crippen LogP contribution in [0.25, 0.3) is 111 Å². The molecule has 56 heavy (non-hydrogen) atoms. The van der Waals surface area contributed by atoms with Gasteiger partial charge in [0.2, 0.25) is 0 Å². The van der Waals surface area contributed by atoms with E-state index in [0.29, 0.717) is 17.5 Å². The summed E-state index contributed by atoms with van der Waals surface area (Å²) in [7, 11) is 0. The quantitative estimate of drug-likeness (QED) is 0.172. The second-order valence-electron chi connectivity index (χ2n) is 14.4. The summed E-state index contributed by atoms with van der Waals surface area (Å²) in [6.07, 6.45) is 0. The number of nitrogens with zero attached hydrogens (tertiary/aromatic N) is 3. The maximum Gasteiger partial charge on any atom is 0.164 e. The molecule has 0 aliphatic heterocycles. The lowest BCUT2D eigenvalue weighted by Crippen LogP contribution is -2.00. The highest BCUT2D eigenvalue weighted by Gasteiger charge is 2.21. The van der Waals surface area contributed by atoms with Crippen LogP contribution in [-0.2, 0) is 0 Å². The van der Waals surface area contributed by atoms with Gasteiger partial charge in [0.1, 0.15) is 0 Å². The van der Waals surface area contributed by atoms with Crippen molar-refractivity contribution in [3.8, 4) is 89.8 Å². The summed E-state index contributed by atoms with van der Waals surface area (Å²) in [5.74, 6) is 1.96. The third-order valence-electron chi connectivity index (χ3n) is 11.1. The molecule has 260 valence electrons. The molecule has 10 aromatic rings. The fraction of sp³-hybridized carbons (Fsp3) is 0. The number of fused-ring (bicyclic) bond motifs is 4. The van der Waals surface area contributed by atoms with Crippen molar-refractivity contribution in [1.82, 2.24) is 15.0 Å². The highest BCUT2D eigenvalue weighted by Crippen LogP contribution is 2.48. The van der Waals surface area contributed by atoms with E-state index in [1.54, 1.807) is 0 Å². The van der Waals surface area contributed by atoms with Crippen molar-refractivity contribution in [3.05, 3.63) is 200 Å². The number of hydrogen-bond donors (Lipinski definition) is 0. The molecule has 11 rings (SSSR count). The first-order valence-corrected chi connectivity index (χ1v) is 19.0. The zero-order valence-electron chi connectivity index (χ0n) is 30.4. The Kier molecular flexibility index (Phi) is 7.49. The summed E-state index contributed by atoms with van der Waals surface area (Å²) in [5.41, 5.74) is 15.3. The van der Waals surface area contributed by atoms with Crippen LogP contribution in [0.2, 0.25) is 0 Å². The second kappa shape index (κ2) is 13.1. The second-order valence-corrected chi connectivity index (χ2v) is 14.4. The highest BCUT2D eigenvalue weighted by atomic mass is 15.0. The standard InChI is InChI=1S/C53H33N3/c1-3-11-38(12-4-1)51-54-52(39-13-5-2-6-14-39)56-53(55-51)40-27-25-36(26-28-40)48-33-43(31-42-15-7-8-18-44(42)48)35-23-21-34(22-24-35)41-29-30-45-46-19-9-16-37-17-10-20-47(50(37)46)49(45)32-41/h1-33H. The number of rotatable bonds is 6. The first-order valence-electron chi connectivity index (χ1n) is 19.0. The Morgan fingerprint density at radius 2 is 0.696 bits per heavy atom. The first-order chi connectivity index (χ1) is 27.7. The summed E-state index contributed by atoms with van der Waals surface area (Å²) in [5, 5.41) is 5.08. The van der Waals surface area contributed by atoms with E-state index in [0.717, 1.165) is 22.3 Å². The zero-order chi connectivity index (χ0) is 37.0. The van der Waals surface area contributed by atoms with Crippen molar-refractivity contribution < 1.29 is 0 Å². The molecule has 3 heteroatoms. The fourth-order valence-corrected chi connectivity index (χ4v) is 8.28. The van der Waals surface area contributed by atoms with Crippen molar-refractivity contribution >= 4 is 21.5 Å². The van der Waals surface area contributed by atoms with Gasteiger partial charge in [-0.05, 0) is 95.4 Å². The molecule has 3 nitrogen and oxygen atoms in total. The van der Waals surface area contributed by atoms with E-state index in [1.807, 2.05) is 60.7 Å². The van der Waals surface area contributed by atoms with Gasteiger partial charge in [-0.2, -0.15) is 0 Å². The predicted molar refractivity (Wildman–Crippen MR) is 232 cm³/mol. The van der Waals surface area contributed by atoms with Gasteiger partial charge in [0.05, 0.1) is 0 Å². The van der Waals surface area contributed by atoms with Crippen LogP contribution in [0, 0.1) is 0 Å². The average molecular weight is 712 g/mol. The van der Waals surface area contributed by atoms with Crippen LogP contribution in [0.5, 0.6) is 0 Å². The van der Waals surface area contributed by atoms with Gasteiger partial charge >= 0.3 is 0 Å². The molecular weight excluding hydrogens is 679 g/mol. The lowest BCUT2D eigenvalue weighted by atomic mass is 9.91. The number of hydrogen-bond acceptors (Lipinski definition) is 3. The third kappa shape index (κ3) is 5.49. The molecule has 0 saturated heterocycles. The van der Waals surface area contributed by atoms with Gasteiger partial charge in [-0.15, -0.1) is 0 Å². The average Bonchev–Trinajstić information content (AvgIpc) is 3.60. The summed E-state index contributed by atoms with van der Waals surface area (Å²) < 4.78 is 0. The Labute approximate surface area is 325 Å². The van der Waals surface area contributed by atoms with Gasteiger partial charge in [-0.25, -0.2) is 15.0 Å². The summed E-state index contributed by atoms with van der Waals surface area (Å²) >= 11 is 0. The van der Waals surface area contributed by atoms with Crippen LogP contribution in [0.1, 0.15) is 0 Å². The third-order valence-corrected chi connectivity index (χ3v) is 11.1. The Morgan fingerprint density at radius 1 is 0.232 bits per heavy atom. The lowest BCUT2D eigenvalue weighted by molar-refractivity contribution is 1.07. The van der Waals surface area contributed by atoms with E-state index < -0.39 is 0 Å². The summed E-state index contributed by atoms with van der Waals surface area (Å²) in [6, 6.07) is 71.3. The molecule has 1 heterocycles. The van der Waals surface area contributed by atoms with E-state index in [9.17, 15) is 0 Å². The molecular formula is C53H33N3. The maximum absolute atomic E-state index is 4.95. The van der Waals surface area contributed by atoms with Gasteiger partial charge in [0.15, 0.2) is 17.5 Å². The minimum atomic E-state index is 0.646. The molecule has 1 aliphatic carbocycles. The van der Waals surface area contributed by atoms with Crippen molar-refractivity contribution in [3.63, 3.8) is 0 Å². The van der Waals surface area contributed by atoms with Crippen molar-refractivity contribution in [2.24, 2.45) is 0 Å². The van der Waals surface area contributed by atoms with Gasteiger partial charge < -0.3 is 0 Å². The summed E-state index contributed by atoms with van der Waals surface area (Å²) in [4.78, 5) is 14.8. The molecule has 1 aliphatic rings. The predicted octanol–water partition coefficient (Wildman–Crippen LogP) is 13.8. The highest BCUT2D eigenvalue weighted by molar-refractivity contribution is 6.15. The molecule has 0 unspecified atom stereocenters. The molecule has 9 aromatic carbocycles. The van der Waals surface area contributed by atoms with E-state index in [2.05, 4.69) is 140 Å². The Balaban J connectivity index is 0.940. The van der Waals surface area contributed by atoms with Crippen molar-refractivity contribution in [2.75, 3.05) is 0 Å². The molecule has 0 saturated carbocycles. The molecule has 0 bridgehead atoms. The molecule has 0 atom stereocenters. The summed E-state index contributed by atoms with van der Waals surface area (Å²) in [6.45, 7) is 0. The zero-order valence-corrected chi connectivity index (χ0v) is 30.4. The smallest absolute Gasteiger partial charge is 0.164 e. The van der Waals surface area contributed by atoms with Gasteiger partial charge in [0.25, 0.3) is 0 Å². The van der Waals surface area contributed by atoms with Crippen molar-refractivity contribution in [2.45, 2.75) is 0 Å². The van der Waals surface area contributed by atoms with Gasteiger partial charge in [-0.1, -0.05) is 182 Å². The molecule has 1 aromatic heterocycles. The molecule has 0 fully saturated rings. The number of aromatic nitrogens is 3. The fourth-order valence-electron chi connectivity index (χ4n) is 8.28. The van der Waals surface area contributed by atoms with Crippen LogP contribution in [0.3, 0.4) is 0 Å². The van der Waals surface area contributed by atoms with E-state index in [4.69, 9.17) is 15.0 Å². The largest absolute Gasteiger partial charge is 0.208 e. The van der Waals surface area contributed by atoms with E-state index in [-0.39, 0.29) is 0 Å². The minimum absolute atomic E-state index is 0.646. The Hall–Kier alpha value is -7.49. The topological polar surface area (TPSA) is 38.7 Å².